The lowest BCUT2D eigenvalue weighted by molar-refractivity contribution is -0.195. The molecule has 2 aromatic rings. The number of ketones is 2. The molecule has 29 nitrogen and oxygen atoms in total. The van der Waals surface area contributed by atoms with E-state index in [1.807, 2.05) is 4.72 Å². The number of carboxylic acids is 1. The summed E-state index contributed by atoms with van der Waals surface area (Å²) in [7, 11) is -27.3. The molecule has 0 radical (unpaired) electrons. The van der Waals surface area contributed by atoms with Crippen molar-refractivity contribution in [2.75, 3.05) is 23.8 Å². The summed E-state index contributed by atoms with van der Waals surface area (Å²) in [5.41, 5.74) is -7.24. The van der Waals surface area contributed by atoms with Gasteiger partial charge in [-0.15, -0.1) is 5.06 Å². The van der Waals surface area contributed by atoms with Crippen molar-refractivity contribution in [2.24, 2.45) is 5.92 Å². The fraction of sp³-hybridized carbons (Fsp3) is 0.333. The molecule has 36 heteroatoms. The number of carboxylic acid groups (broad SMARTS) is 1. The van der Waals surface area contributed by atoms with Crippen molar-refractivity contribution in [1.29, 1.82) is 0 Å². The maximum absolute atomic E-state index is 15.9. The van der Waals surface area contributed by atoms with Crippen LogP contribution in [0.1, 0.15) is 49.4 Å². The summed E-state index contributed by atoms with van der Waals surface area (Å²) in [5, 5.41) is 22.5. The van der Waals surface area contributed by atoms with Crippen LogP contribution in [0, 0.1) is 17.6 Å². The number of hydrogen-bond acceptors (Lipinski definition) is 21. The second-order valence-electron chi connectivity index (χ2n) is 16.1. The van der Waals surface area contributed by atoms with Crippen molar-refractivity contribution in [3.05, 3.63) is 63.8 Å². The lowest BCUT2D eigenvalue weighted by atomic mass is 9.90. The Bertz CT molecular complexity index is 3680. The van der Waals surface area contributed by atoms with Crippen LogP contribution in [-0.4, -0.2) is 148 Å². The number of imide groups is 1. The molecule has 8 N–H and O–H groups in total. The topological polar surface area (TPSA) is 470 Å². The fourth-order valence-electron chi connectivity index (χ4n) is 7.46. The van der Waals surface area contributed by atoms with Crippen molar-refractivity contribution >= 4 is 103 Å². The number of rotatable bonds is 9. The molecule has 3 aliphatic heterocycles. The van der Waals surface area contributed by atoms with E-state index in [0.717, 1.165) is 13.0 Å². The molecule has 1 fully saturated rings. The normalized spacial score (nSPS) is 20.2. The van der Waals surface area contributed by atoms with Gasteiger partial charge in [0.2, 0.25) is 31.4 Å². The zero-order valence-corrected chi connectivity index (χ0v) is 41.8. The van der Waals surface area contributed by atoms with Gasteiger partial charge in [-0.05, 0) is 42.8 Å². The van der Waals surface area contributed by atoms with Crippen LogP contribution in [0.4, 0.5) is 8.78 Å². The Kier molecular flexibility index (Phi) is 17.5. The number of carbonyl (C=O) groups is 7. The van der Waals surface area contributed by atoms with Gasteiger partial charge in [0, 0.05) is 61.2 Å². The van der Waals surface area contributed by atoms with Crippen LogP contribution in [0.2, 0.25) is 0 Å². The van der Waals surface area contributed by atoms with Crippen molar-refractivity contribution in [2.45, 2.75) is 60.9 Å². The number of carbonyl (C=O) groups excluding carboxylic acids is 6. The molecule has 0 saturated carbocycles. The number of hydrogen-bond donors (Lipinski definition) is 8. The van der Waals surface area contributed by atoms with Crippen LogP contribution in [0.5, 0.6) is 5.75 Å². The van der Waals surface area contributed by atoms with Gasteiger partial charge in [-0.1, -0.05) is 0 Å². The second-order valence-corrected chi connectivity index (χ2v) is 23.9. The van der Waals surface area contributed by atoms with Gasteiger partial charge in [0.1, 0.15) is 34.7 Å². The maximum Gasteiger partial charge on any atom is 0.339 e. The second kappa shape index (κ2) is 22.2. The number of aromatic carboxylic acids is 1. The van der Waals surface area contributed by atoms with E-state index in [1.165, 1.54) is 4.72 Å². The molecule has 3 unspecified atom stereocenters. The van der Waals surface area contributed by atoms with Gasteiger partial charge in [0.15, 0.2) is 32.7 Å². The molecule has 0 aromatic heterocycles. The molecule has 0 spiro atoms. The predicted octanol–water partition coefficient (Wildman–Crippen LogP) is -1.13. The molecule has 3 amide bonds. The molecule has 3 atom stereocenters. The van der Waals surface area contributed by atoms with E-state index in [0.29, 0.717) is 35.4 Å². The third-order valence-electron chi connectivity index (χ3n) is 10.5. The van der Waals surface area contributed by atoms with E-state index in [-0.39, 0.29) is 12.8 Å². The zero-order chi connectivity index (χ0) is 56.5. The molecular formula is C39H38F2N4O25S5. The smallest absolute Gasteiger partial charge is 0.339 e. The van der Waals surface area contributed by atoms with Crippen LogP contribution >= 0.6 is 0 Å². The Morgan fingerprint density at radius 2 is 1.32 bits per heavy atom. The minimum atomic E-state index is -5.92. The van der Waals surface area contributed by atoms with Gasteiger partial charge in [-0.3, -0.25) is 42.4 Å². The highest BCUT2D eigenvalue weighted by Gasteiger charge is 2.40. The van der Waals surface area contributed by atoms with E-state index in [4.69, 9.17) is 4.42 Å². The Balaban J connectivity index is 0.000000837. The molecule has 6 rings (SSSR count). The number of phenolic OH excluding ortho intramolecular Hbond substituents is 1. The SMILES string of the molecule is CC(=O)ON1C(=O)CCC1=O.O=C(O)c1c(F)ccc(F)c1-c1c2ccc(=O)c3c-2oc2c(c(O)ccc12)S(=O)(=O)NCCCC(=O)C(CS(=O)(=O)O)NC(=O)C(CS(=O)(=O)O)CC(=O)C(CS(=O)(=O)O)NS3(=O)=O. The molecule has 2 aromatic carbocycles. The first-order valence-corrected chi connectivity index (χ1v) is 28.5. The molecule has 75 heavy (non-hydrogen) atoms. The fourth-order valence-corrected chi connectivity index (χ4v) is 12.5. The molecule has 1 saturated heterocycles. The standard InChI is InChI=1S/C33H31F2N3O21S5.C6H7NO4/c34-17-5-6-18(35)27(33(44)45)26(17)25-15-3-7-22(40)30-28(15)59-29-16(25)4-8-23(41)31(29)64(57,58)38-20(13-62(52,53)54)24(42)10-14(11-60(46,47)48)32(43)37-19(12-61(49,50)51)21(39)2-1-9-36-63(30,55)56;1-4(8)11-7-5(9)2-3-6(7)10/h3-8,14,19-20,36,38,40H,1-2,9-13H2,(H,37,43)(H,44,45)(H,46,47,48)(H,49,50,51)(H,52,53,54);2-3H2,1H3. The summed E-state index contributed by atoms with van der Waals surface area (Å²) in [6.45, 7) is 0.306. The lowest BCUT2D eigenvalue weighted by Crippen LogP contribution is -2.51. The summed E-state index contributed by atoms with van der Waals surface area (Å²) in [6, 6.07) is -1.84. The monoisotopic (exact) mass is 1160 g/mol. The summed E-state index contributed by atoms with van der Waals surface area (Å²) in [6.07, 6.45) is -2.86. The molecule has 4 aliphatic rings. The van der Waals surface area contributed by atoms with Gasteiger partial charge < -0.3 is 24.8 Å². The molecule has 1 aliphatic carbocycles. The number of nitrogens with zero attached hydrogens (tertiary/aromatic N) is 1. The lowest BCUT2D eigenvalue weighted by Gasteiger charge is -2.24. The van der Waals surface area contributed by atoms with E-state index in [1.54, 1.807) is 5.32 Å². The molecule has 3 heterocycles. The molecular weight excluding hydrogens is 1120 g/mol. The van der Waals surface area contributed by atoms with Crippen LogP contribution < -0.4 is 20.2 Å². The highest BCUT2D eigenvalue weighted by molar-refractivity contribution is 7.90. The van der Waals surface area contributed by atoms with Crippen molar-refractivity contribution in [3.63, 3.8) is 0 Å². The Morgan fingerprint density at radius 3 is 1.88 bits per heavy atom. The van der Waals surface area contributed by atoms with Crippen molar-refractivity contribution < 1.29 is 118 Å². The summed E-state index contributed by atoms with van der Waals surface area (Å²) in [4.78, 5) is 99.4. The number of halogens is 2. The quantitative estimate of drug-likeness (QED) is 0.0558. The van der Waals surface area contributed by atoms with E-state index in [2.05, 4.69) is 4.84 Å². The number of aromatic hydroxyl groups is 1. The van der Waals surface area contributed by atoms with Crippen LogP contribution in [-0.2, 0) is 84.0 Å². The van der Waals surface area contributed by atoms with E-state index >= 15 is 8.78 Å². The molecule has 2 bridgehead atoms. The summed E-state index contributed by atoms with van der Waals surface area (Å²) < 4.78 is 197. The number of nitrogens with one attached hydrogen (secondary N) is 3. The van der Waals surface area contributed by atoms with Gasteiger partial charge in [-0.2, -0.15) is 30.0 Å². The third-order valence-corrected chi connectivity index (χ3v) is 15.9. The average Bonchev–Trinajstić information content (AvgIpc) is 3.56. The number of sulfonamides is 2. The highest BCUT2D eigenvalue weighted by atomic mass is 32.2. The highest BCUT2D eigenvalue weighted by Crippen LogP contribution is 2.47. The van der Waals surface area contributed by atoms with Crippen LogP contribution in [0.3, 0.4) is 0 Å². The first-order valence-electron chi connectivity index (χ1n) is 20.7. The molecule has 408 valence electrons. The van der Waals surface area contributed by atoms with Gasteiger partial charge in [0.25, 0.3) is 42.2 Å². The number of phenols is 1. The average molecular weight is 1160 g/mol. The largest absolute Gasteiger partial charge is 0.506 e. The Labute approximate surface area is 420 Å². The predicted molar refractivity (Wildman–Crippen MR) is 244 cm³/mol. The maximum atomic E-state index is 15.9. The summed E-state index contributed by atoms with van der Waals surface area (Å²) in [5.74, 6) is -22.2. The first-order chi connectivity index (χ1) is 34.4. The Hall–Kier alpha value is -6.77. The zero-order valence-electron chi connectivity index (χ0n) is 37.7. The van der Waals surface area contributed by atoms with Gasteiger partial charge in [-0.25, -0.2) is 39.9 Å². The Morgan fingerprint density at radius 1 is 0.747 bits per heavy atom. The number of Topliss-reactive ketones (excluding diaryl/α,β-unsaturated/α-hetero) is 2. The van der Waals surface area contributed by atoms with Gasteiger partial charge >= 0.3 is 11.9 Å². The van der Waals surface area contributed by atoms with Crippen molar-refractivity contribution in [1.82, 2.24) is 19.8 Å². The number of amides is 3. The van der Waals surface area contributed by atoms with E-state index < -0.39 is 224 Å². The van der Waals surface area contributed by atoms with Crippen LogP contribution in [0.25, 0.3) is 33.4 Å². The van der Waals surface area contributed by atoms with Crippen molar-refractivity contribution in [3.8, 4) is 28.2 Å². The van der Waals surface area contributed by atoms with Gasteiger partial charge in [0.05, 0.1) is 23.5 Å². The van der Waals surface area contributed by atoms with E-state index in [9.17, 15) is 104 Å². The minimum Gasteiger partial charge on any atom is -0.506 e. The summed E-state index contributed by atoms with van der Waals surface area (Å²) >= 11 is 0. The van der Waals surface area contributed by atoms with Crippen LogP contribution in [0.15, 0.2) is 55.4 Å². The first kappa shape index (κ1) is 59.1. The third kappa shape index (κ3) is 14.3. The minimum absolute atomic E-state index is 0.131. The number of hydroxylamine groups is 2. The number of benzene rings is 3.